The van der Waals surface area contributed by atoms with Crippen LogP contribution in [0.3, 0.4) is 0 Å². The van der Waals surface area contributed by atoms with Crippen LogP contribution in [0.4, 0.5) is 0 Å². The molecule has 1 aliphatic heterocycles. The van der Waals surface area contributed by atoms with Crippen molar-refractivity contribution in [3.05, 3.63) is 35.4 Å². The van der Waals surface area contributed by atoms with Crippen LogP contribution in [0, 0.1) is 17.8 Å². The average Bonchev–Trinajstić information content (AvgIpc) is 2.94. The predicted molar refractivity (Wildman–Crippen MR) is 73.6 cm³/mol. The van der Waals surface area contributed by atoms with E-state index in [4.69, 9.17) is 10.8 Å². The van der Waals surface area contributed by atoms with Crippen LogP contribution in [0.5, 0.6) is 0 Å². The maximum atomic E-state index is 12.4. The highest BCUT2D eigenvalue weighted by atomic mass is 16.2. The predicted octanol–water partition coefficient (Wildman–Crippen LogP) is -0.0222. The smallest absolute Gasteiger partial charge is 0.255 e. The molecule has 2 amide bonds. The highest BCUT2D eigenvalue weighted by Gasteiger charge is 2.30. The molecule has 0 radical (unpaired) electrons. The summed E-state index contributed by atoms with van der Waals surface area (Å²) in [5.74, 6) is 4.51. The van der Waals surface area contributed by atoms with Crippen LogP contribution in [-0.2, 0) is 4.79 Å². The van der Waals surface area contributed by atoms with Crippen molar-refractivity contribution in [1.29, 1.82) is 0 Å². The Morgan fingerprint density at radius 1 is 1.40 bits per heavy atom. The summed E-state index contributed by atoms with van der Waals surface area (Å²) in [6.45, 7) is 0.625. The van der Waals surface area contributed by atoms with Crippen LogP contribution in [0.2, 0.25) is 0 Å². The number of hydrogen-bond donors (Lipinski definition) is 2. The van der Waals surface area contributed by atoms with Gasteiger partial charge in [0.1, 0.15) is 6.61 Å². The topological polar surface area (TPSA) is 83.6 Å². The summed E-state index contributed by atoms with van der Waals surface area (Å²) in [6.07, 6.45) is 0.603. The Morgan fingerprint density at radius 2 is 2.15 bits per heavy atom. The lowest BCUT2D eigenvalue weighted by molar-refractivity contribution is -0.121. The molecule has 1 heterocycles. The fourth-order valence-electron chi connectivity index (χ4n) is 2.26. The van der Waals surface area contributed by atoms with Gasteiger partial charge in [-0.3, -0.25) is 9.59 Å². The van der Waals surface area contributed by atoms with Gasteiger partial charge < -0.3 is 15.7 Å². The highest BCUT2D eigenvalue weighted by Crippen LogP contribution is 2.19. The Balaban J connectivity index is 2.20. The van der Waals surface area contributed by atoms with Gasteiger partial charge in [-0.1, -0.05) is 24.0 Å². The number of hydrogen-bond acceptors (Lipinski definition) is 3. The molecule has 20 heavy (non-hydrogen) atoms. The van der Waals surface area contributed by atoms with Crippen LogP contribution in [0.25, 0.3) is 0 Å². The van der Waals surface area contributed by atoms with E-state index in [1.807, 2.05) is 0 Å². The van der Waals surface area contributed by atoms with Crippen molar-refractivity contribution in [1.82, 2.24) is 4.90 Å². The summed E-state index contributed by atoms with van der Waals surface area (Å²) in [6, 6.07) is 6.98. The quantitative estimate of drug-likeness (QED) is 0.742. The lowest BCUT2D eigenvalue weighted by Gasteiger charge is -2.16. The van der Waals surface area contributed by atoms with Gasteiger partial charge in [-0.05, 0) is 18.6 Å². The Hall–Kier alpha value is -2.32. The van der Waals surface area contributed by atoms with Gasteiger partial charge in [0.05, 0.1) is 11.5 Å². The molecule has 0 aromatic heterocycles. The molecule has 0 saturated carbocycles. The van der Waals surface area contributed by atoms with Gasteiger partial charge in [-0.2, -0.15) is 0 Å². The molecule has 1 saturated heterocycles. The number of rotatable bonds is 2. The maximum Gasteiger partial charge on any atom is 0.255 e. The Kier molecular flexibility index (Phi) is 4.38. The lowest BCUT2D eigenvalue weighted by atomic mass is 10.1. The second-order valence-electron chi connectivity index (χ2n) is 4.64. The molecule has 1 fully saturated rings. The van der Waals surface area contributed by atoms with Crippen molar-refractivity contribution in [2.24, 2.45) is 11.7 Å². The van der Waals surface area contributed by atoms with Crippen LogP contribution < -0.4 is 5.73 Å². The molecule has 1 aromatic rings. The van der Waals surface area contributed by atoms with E-state index in [1.54, 1.807) is 29.2 Å². The Morgan fingerprint density at radius 3 is 2.80 bits per heavy atom. The molecule has 0 bridgehead atoms. The van der Waals surface area contributed by atoms with E-state index in [1.165, 1.54) is 0 Å². The van der Waals surface area contributed by atoms with Gasteiger partial charge in [0.2, 0.25) is 5.91 Å². The van der Waals surface area contributed by atoms with Crippen LogP contribution in [0.1, 0.15) is 22.3 Å². The molecule has 1 unspecified atom stereocenters. The summed E-state index contributed by atoms with van der Waals surface area (Å²) < 4.78 is 0. The zero-order valence-electron chi connectivity index (χ0n) is 11.0. The van der Waals surface area contributed by atoms with Gasteiger partial charge in [-0.25, -0.2) is 0 Å². The first kappa shape index (κ1) is 14.1. The van der Waals surface area contributed by atoms with E-state index in [0.717, 1.165) is 0 Å². The molecule has 1 aromatic carbocycles. The number of aliphatic hydroxyl groups excluding tert-OH is 1. The standard InChI is InChI=1S/C15H16N2O3/c16-14(19)12-7-8-17(10-12)15(20)13-6-2-1-4-11(13)5-3-9-18/h1-2,4,6,12,18H,7-10H2,(H2,16,19). The maximum absolute atomic E-state index is 12.4. The molecule has 1 aliphatic rings. The Labute approximate surface area is 117 Å². The third-order valence-electron chi connectivity index (χ3n) is 3.34. The summed E-state index contributed by atoms with van der Waals surface area (Å²) in [4.78, 5) is 25.2. The number of carbonyl (C=O) groups excluding carboxylic acids is 2. The third kappa shape index (κ3) is 2.98. The molecule has 0 spiro atoms. The zero-order valence-corrected chi connectivity index (χ0v) is 11.0. The minimum atomic E-state index is -0.367. The largest absolute Gasteiger partial charge is 0.384 e. The van der Waals surface area contributed by atoms with E-state index in [0.29, 0.717) is 30.6 Å². The SMILES string of the molecule is NC(=O)C1CCN(C(=O)c2ccccc2C#CCO)C1. The van der Waals surface area contributed by atoms with E-state index in [-0.39, 0.29) is 24.3 Å². The molecule has 3 N–H and O–H groups in total. The van der Waals surface area contributed by atoms with Crippen molar-refractivity contribution in [2.45, 2.75) is 6.42 Å². The number of benzene rings is 1. The first-order chi connectivity index (χ1) is 9.63. The normalized spacial score (nSPS) is 17.4. The summed E-state index contributed by atoms with van der Waals surface area (Å²) in [5, 5.41) is 8.74. The first-order valence-electron chi connectivity index (χ1n) is 6.41. The third-order valence-corrected chi connectivity index (χ3v) is 3.34. The van der Waals surface area contributed by atoms with Crippen LogP contribution in [0.15, 0.2) is 24.3 Å². The number of nitrogens with zero attached hydrogens (tertiary/aromatic N) is 1. The van der Waals surface area contributed by atoms with Gasteiger partial charge >= 0.3 is 0 Å². The van der Waals surface area contributed by atoms with Crippen molar-refractivity contribution in [3.8, 4) is 11.8 Å². The number of amides is 2. The van der Waals surface area contributed by atoms with E-state index >= 15 is 0 Å². The minimum absolute atomic E-state index is 0.156. The van der Waals surface area contributed by atoms with Gasteiger partial charge in [0.15, 0.2) is 0 Å². The average molecular weight is 272 g/mol. The van der Waals surface area contributed by atoms with Crippen molar-refractivity contribution >= 4 is 11.8 Å². The second-order valence-corrected chi connectivity index (χ2v) is 4.64. The molecular weight excluding hydrogens is 256 g/mol. The molecule has 5 heteroatoms. The fraction of sp³-hybridized carbons (Fsp3) is 0.333. The summed E-state index contributed by atoms with van der Waals surface area (Å²) in [5.41, 5.74) is 6.33. The lowest BCUT2D eigenvalue weighted by Crippen LogP contribution is -2.32. The highest BCUT2D eigenvalue weighted by molar-refractivity contribution is 5.97. The van der Waals surface area contributed by atoms with Gasteiger partial charge in [-0.15, -0.1) is 0 Å². The number of primary amides is 1. The molecule has 104 valence electrons. The van der Waals surface area contributed by atoms with Gasteiger partial charge in [0.25, 0.3) is 5.91 Å². The van der Waals surface area contributed by atoms with Crippen molar-refractivity contribution < 1.29 is 14.7 Å². The Bertz CT molecular complexity index is 586. The zero-order chi connectivity index (χ0) is 14.5. The van der Waals surface area contributed by atoms with Gasteiger partial charge in [0, 0.05) is 18.7 Å². The van der Waals surface area contributed by atoms with E-state index in [9.17, 15) is 9.59 Å². The molecule has 0 aliphatic carbocycles. The van der Waals surface area contributed by atoms with Crippen molar-refractivity contribution in [2.75, 3.05) is 19.7 Å². The number of aliphatic hydroxyl groups is 1. The fourth-order valence-corrected chi connectivity index (χ4v) is 2.26. The van der Waals surface area contributed by atoms with Crippen LogP contribution in [-0.4, -0.2) is 41.5 Å². The second kappa shape index (κ2) is 6.22. The minimum Gasteiger partial charge on any atom is -0.384 e. The summed E-state index contributed by atoms with van der Waals surface area (Å²) >= 11 is 0. The van der Waals surface area contributed by atoms with E-state index in [2.05, 4.69) is 11.8 Å². The first-order valence-corrected chi connectivity index (χ1v) is 6.41. The number of nitrogens with two attached hydrogens (primary N) is 1. The molecule has 2 rings (SSSR count). The monoisotopic (exact) mass is 272 g/mol. The molecule has 1 atom stereocenters. The van der Waals surface area contributed by atoms with Crippen LogP contribution >= 0.6 is 0 Å². The molecule has 5 nitrogen and oxygen atoms in total. The van der Waals surface area contributed by atoms with Crippen molar-refractivity contribution in [3.63, 3.8) is 0 Å². The number of carbonyl (C=O) groups is 2. The number of likely N-dealkylation sites (tertiary alicyclic amines) is 1. The molecular formula is C15H16N2O3. The van der Waals surface area contributed by atoms with E-state index < -0.39 is 0 Å². The summed E-state index contributed by atoms with van der Waals surface area (Å²) in [7, 11) is 0.